The molecule has 0 aliphatic carbocycles. The third-order valence-corrected chi connectivity index (χ3v) is 4.50. The van der Waals surface area contributed by atoms with E-state index in [0.29, 0.717) is 38.5 Å². The highest BCUT2D eigenvalue weighted by Crippen LogP contribution is 2.31. The Kier molecular flexibility index (Phi) is 4.74. The number of nitrogens with zero attached hydrogens (tertiary/aromatic N) is 1. The zero-order valence-corrected chi connectivity index (χ0v) is 14.8. The summed E-state index contributed by atoms with van der Waals surface area (Å²) in [6, 6.07) is 11.6. The second kappa shape index (κ2) is 6.82. The Morgan fingerprint density at radius 2 is 1.88 bits per heavy atom. The first-order valence-electron chi connectivity index (χ1n) is 7.39. The van der Waals surface area contributed by atoms with E-state index >= 15 is 0 Å². The summed E-state index contributed by atoms with van der Waals surface area (Å²) >= 11 is 9.66. The van der Waals surface area contributed by atoms with Crippen LogP contribution in [0, 0.1) is 6.92 Å². The van der Waals surface area contributed by atoms with Gasteiger partial charge in [0.05, 0.1) is 11.9 Å². The fourth-order valence-electron chi connectivity index (χ4n) is 2.88. The van der Waals surface area contributed by atoms with E-state index in [-0.39, 0.29) is 12.3 Å². The number of halogens is 1. The number of hydrogen-bond acceptors (Lipinski definition) is 4. The van der Waals surface area contributed by atoms with E-state index < -0.39 is 5.97 Å². The minimum atomic E-state index is -0.974. The van der Waals surface area contributed by atoms with Crippen LogP contribution in [0.25, 0.3) is 10.9 Å². The molecule has 3 aromatic rings. The SMILES string of the molecule is Cc1c(CC(=O)O)c2cc(OS)ccc2n1C(=O)c1ccc(Cl)cc1. The molecule has 2 aromatic carbocycles. The zero-order chi connectivity index (χ0) is 18.1. The average molecular weight is 376 g/mol. The summed E-state index contributed by atoms with van der Waals surface area (Å²) in [6.45, 7) is 1.73. The molecule has 0 aliphatic heterocycles. The molecule has 1 N–H and O–H groups in total. The Morgan fingerprint density at radius 1 is 1.20 bits per heavy atom. The molecule has 1 heterocycles. The van der Waals surface area contributed by atoms with Crippen molar-refractivity contribution in [1.82, 2.24) is 4.57 Å². The lowest BCUT2D eigenvalue weighted by Gasteiger charge is -2.08. The van der Waals surface area contributed by atoms with Gasteiger partial charge in [-0.15, -0.1) is 0 Å². The number of carboxylic acids is 1. The van der Waals surface area contributed by atoms with E-state index in [9.17, 15) is 14.7 Å². The number of aliphatic carboxylic acids is 1. The Hall–Kier alpha value is -2.44. The van der Waals surface area contributed by atoms with Gasteiger partial charge in [0, 0.05) is 34.6 Å². The fraction of sp³-hybridized carbons (Fsp3) is 0.111. The first-order valence-corrected chi connectivity index (χ1v) is 8.14. The average Bonchev–Trinajstić information content (AvgIpc) is 2.86. The molecule has 7 heteroatoms. The van der Waals surface area contributed by atoms with Crippen molar-refractivity contribution in [3.8, 4) is 5.75 Å². The lowest BCUT2D eigenvalue weighted by molar-refractivity contribution is -0.136. The molecule has 0 atom stereocenters. The molecule has 25 heavy (non-hydrogen) atoms. The maximum Gasteiger partial charge on any atom is 0.307 e. The standard InChI is InChI=1S/C18H14ClNO4S/c1-10-14(9-17(21)22)15-8-13(24-25)6-7-16(15)20(10)18(23)11-2-4-12(19)5-3-11/h2-8,25H,9H2,1H3,(H,21,22). The number of rotatable bonds is 4. The molecule has 0 fully saturated rings. The van der Waals surface area contributed by atoms with Gasteiger partial charge in [0.1, 0.15) is 5.75 Å². The van der Waals surface area contributed by atoms with Crippen molar-refractivity contribution in [2.75, 3.05) is 0 Å². The van der Waals surface area contributed by atoms with Crippen LogP contribution >= 0.6 is 24.5 Å². The molecular weight excluding hydrogens is 362 g/mol. The Labute approximate surface area is 154 Å². The Bertz CT molecular complexity index is 979. The topological polar surface area (TPSA) is 68.5 Å². The molecule has 0 saturated carbocycles. The van der Waals surface area contributed by atoms with E-state index in [2.05, 4.69) is 12.9 Å². The summed E-state index contributed by atoms with van der Waals surface area (Å²) < 4.78 is 6.44. The molecule has 5 nitrogen and oxygen atoms in total. The molecule has 0 spiro atoms. The summed E-state index contributed by atoms with van der Waals surface area (Å²) in [7, 11) is 0. The first-order chi connectivity index (χ1) is 11.9. The minimum absolute atomic E-state index is 0.195. The van der Waals surface area contributed by atoms with E-state index in [1.807, 2.05) is 0 Å². The van der Waals surface area contributed by atoms with Crippen LogP contribution < -0.4 is 4.18 Å². The lowest BCUT2D eigenvalue weighted by atomic mass is 10.1. The largest absolute Gasteiger partial charge is 0.481 e. The first kappa shape index (κ1) is 17.4. The number of carboxylic acid groups (broad SMARTS) is 1. The second-order valence-electron chi connectivity index (χ2n) is 5.55. The highest BCUT2D eigenvalue weighted by Gasteiger charge is 2.21. The van der Waals surface area contributed by atoms with Crippen LogP contribution in [0.15, 0.2) is 42.5 Å². The predicted molar refractivity (Wildman–Crippen MR) is 98.8 cm³/mol. The van der Waals surface area contributed by atoms with Crippen LogP contribution in [0.4, 0.5) is 0 Å². The molecule has 0 unspecified atom stereocenters. The van der Waals surface area contributed by atoms with Crippen molar-refractivity contribution < 1.29 is 18.9 Å². The van der Waals surface area contributed by atoms with Gasteiger partial charge in [-0.25, -0.2) is 0 Å². The molecule has 3 rings (SSSR count). The number of thiol groups is 1. The summed E-state index contributed by atoms with van der Waals surface area (Å²) in [4.78, 5) is 24.2. The van der Waals surface area contributed by atoms with E-state index in [1.165, 1.54) is 4.57 Å². The zero-order valence-electron chi connectivity index (χ0n) is 13.2. The molecule has 0 radical (unpaired) electrons. The monoisotopic (exact) mass is 375 g/mol. The van der Waals surface area contributed by atoms with Crippen LogP contribution in [0.3, 0.4) is 0 Å². The molecule has 0 bridgehead atoms. The van der Waals surface area contributed by atoms with Gasteiger partial charge >= 0.3 is 5.97 Å². The summed E-state index contributed by atoms with van der Waals surface area (Å²) in [5.74, 6) is -0.757. The van der Waals surface area contributed by atoms with Gasteiger partial charge in [0.25, 0.3) is 5.91 Å². The van der Waals surface area contributed by atoms with Crippen molar-refractivity contribution in [3.63, 3.8) is 0 Å². The van der Waals surface area contributed by atoms with Crippen molar-refractivity contribution >= 4 is 47.3 Å². The van der Waals surface area contributed by atoms with Crippen molar-refractivity contribution in [2.24, 2.45) is 0 Å². The normalized spacial score (nSPS) is 10.8. The molecule has 0 amide bonds. The molecule has 1 aromatic heterocycles. The number of aromatic nitrogens is 1. The van der Waals surface area contributed by atoms with Crippen LogP contribution in [-0.4, -0.2) is 21.6 Å². The van der Waals surface area contributed by atoms with Crippen LogP contribution in [-0.2, 0) is 11.2 Å². The van der Waals surface area contributed by atoms with Crippen LogP contribution in [0.5, 0.6) is 5.75 Å². The second-order valence-corrected chi connectivity index (χ2v) is 6.17. The van der Waals surface area contributed by atoms with Gasteiger partial charge in [-0.2, -0.15) is 0 Å². The maximum absolute atomic E-state index is 13.0. The minimum Gasteiger partial charge on any atom is -0.481 e. The summed E-state index contributed by atoms with van der Waals surface area (Å²) in [6.07, 6.45) is -0.195. The van der Waals surface area contributed by atoms with Gasteiger partial charge in [-0.1, -0.05) is 11.6 Å². The number of fused-ring (bicyclic) bond motifs is 1. The van der Waals surface area contributed by atoms with E-state index in [0.717, 1.165) is 0 Å². The van der Waals surface area contributed by atoms with Crippen LogP contribution in [0.2, 0.25) is 5.02 Å². The highest BCUT2D eigenvalue weighted by molar-refractivity contribution is 7.75. The van der Waals surface area contributed by atoms with E-state index in [4.69, 9.17) is 15.8 Å². The van der Waals surface area contributed by atoms with Gasteiger partial charge in [0.15, 0.2) is 0 Å². The Morgan fingerprint density at radius 3 is 2.48 bits per heavy atom. The molecule has 128 valence electrons. The van der Waals surface area contributed by atoms with Gasteiger partial charge < -0.3 is 9.29 Å². The van der Waals surface area contributed by atoms with Crippen LogP contribution in [0.1, 0.15) is 21.6 Å². The van der Waals surface area contributed by atoms with E-state index in [1.54, 1.807) is 49.4 Å². The van der Waals surface area contributed by atoms with Gasteiger partial charge in [-0.05, 0) is 55.0 Å². The quantitative estimate of drug-likeness (QED) is 0.531. The summed E-state index contributed by atoms with van der Waals surface area (Å²) in [5, 5.41) is 10.4. The van der Waals surface area contributed by atoms with Gasteiger partial charge in [-0.3, -0.25) is 14.2 Å². The van der Waals surface area contributed by atoms with Crippen molar-refractivity contribution in [1.29, 1.82) is 0 Å². The molecule has 0 saturated heterocycles. The molecular formula is C18H14ClNO4S. The third-order valence-electron chi connectivity index (χ3n) is 4.03. The fourth-order valence-corrected chi connectivity index (χ4v) is 3.12. The van der Waals surface area contributed by atoms with Gasteiger partial charge in [0.2, 0.25) is 0 Å². The number of carbonyl (C=O) groups is 2. The number of carbonyl (C=O) groups excluding carboxylic acids is 1. The van der Waals surface area contributed by atoms with Crippen molar-refractivity contribution in [2.45, 2.75) is 13.3 Å². The molecule has 0 aliphatic rings. The number of benzene rings is 2. The maximum atomic E-state index is 13.0. The Balaban J connectivity index is 2.23. The smallest absolute Gasteiger partial charge is 0.307 e. The highest BCUT2D eigenvalue weighted by atomic mass is 35.5. The summed E-state index contributed by atoms with van der Waals surface area (Å²) in [5.41, 5.74) is 2.22. The van der Waals surface area contributed by atoms with Crippen molar-refractivity contribution in [3.05, 3.63) is 64.3 Å². The lowest BCUT2D eigenvalue weighted by Crippen LogP contribution is -2.14. The predicted octanol–water partition coefficient (Wildman–Crippen LogP) is 4.14. The number of hydrogen-bond donors (Lipinski definition) is 2. The third kappa shape index (κ3) is 3.23.